The van der Waals surface area contributed by atoms with E-state index in [0.29, 0.717) is 0 Å². The molecule has 1 atom stereocenters. The number of hydrogen-bond donors (Lipinski definition) is 0. The second kappa shape index (κ2) is 30.6. The molecule has 0 radical (unpaired) electrons. The van der Waals surface area contributed by atoms with Gasteiger partial charge in [0.1, 0.15) is 0 Å². The van der Waals surface area contributed by atoms with E-state index in [0.717, 1.165) is 114 Å². The Kier molecular flexibility index (Phi) is 18.7. The molecule has 0 bridgehead atoms. The third-order valence-corrected chi connectivity index (χ3v) is 22.6. The minimum Gasteiger partial charge on any atom is -0.311 e. The standard InChI is InChI=1S/C110H80N4/c1-3-31-90(4-2)111(94-47-30-40-82(52-61-94)78-32-12-5-13-33-78)98-70-88(71-99(76-98)112(91-41-20-9-21-42-91)95-62-53-83(54-63-95)79-34-14-6-15-35-79)86-59-68-104-102-48-26-28-50-106(102)110(108(104)74-86)107-51-29-27-49-103(107)105-69-60-87(75-109(105)110)89-72-100(113(92-43-22-10-23-44-92)96-64-55-84(56-65-96)80-36-16-7-17-37-80)77-101(73-89)114(93-45-24-11-25-46-93)97-66-57-85(58-67-97)81-38-18-8-19-39-81/h3-29,31-77H,1-2,30H2/b90-31+. The molecule has 0 aromatic heterocycles. The van der Waals surface area contributed by atoms with Gasteiger partial charge in [0, 0.05) is 68.3 Å². The topological polar surface area (TPSA) is 13.0 Å². The molecule has 3 aliphatic rings. The molecule has 16 aromatic carbocycles. The molecule has 114 heavy (non-hydrogen) atoms. The summed E-state index contributed by atoms with van der Waals surface area (Å²) in [6, 6.07) is 149. The first-order chi connectivity index (χ1) is 56.4. The van der Waals surface area contributed by atoms with Crippen LogP contribution in [0.15, 0.2) is 474 Å². The molecule has 0 N–H and O–H groups in total. The monoisotopic (exact) mass is 1460 g/mol. The highest BCUT2D eigenvalue weighted by atomic mass is 15.2. The number of fused-ring (bicyclic) bond motifs is 10. The van der Waals surface area contributed by atoms with Crippen molar-refractivity contribution >= 4 is 62.4 Å². The van der Waals surface area contributed by atoms with E-state index >= 15 is 0 Å². The van der Waals surface area contributed by atoms with E-state index in [1.165, 1.54) is 72.3 Å². The third-order valence-electron chi connectivity index (χ3n) is 22.6. The molecular weight excluding hydrogens is 1380 g/mol. The Labute approximate surface area is 668 Å². The maximum absolute atomic E-state index is 4.50. The molecule has 0 saturated carbocycles. The quantitative estimate of drug-likeness (QED) is 0.0705. The SMILES string of the molecule is C=C/C=C(\C=C)N(C1=CCC=C(c2ccccc2)C=C1)c1cc(-c2ccc3c(c2)C2(c4ccccc4-3)c3ccccc3-c3ccc(-c4cc(N(c5ccccc5)c5ccc(-c6ccccc6)cc5)cc(N(c5ccccc5)c5ccc(-c6ccccc6)cc5)c4)cc32)cc(N(c2ccccc2)c2ccc(-c3ccccc3)cc2)c1. The van der Waals surface area contributed by atoms with E-state index in [9.17, 15) is 0 Å². The second-order valence-corrected chi connectivity index (χ2v) is 29.2. The largest absolute Gasteiger partial charge is 0.311 e. The zero-order valence-corrected chi connectivity index (χ0v) is 63.1. The summed E-state index contributed by atoms with van der Waals surface area (Å²) in [4.78, 5) is 9.57. The fraction of sp³-hybridized carbons (Fsp3) is 0.0182. The number of anilines is 10. The van der Waals surface area contributed by atoms with Crippen molar-refractivity contribution in [2.24, 2.45) is 0 Å². The van der Waals surface area contributed by atoms with Gasteiger partial charge in [-0.2, -0.15) is 0 Å². The summed E-state index contributed by atoms with van der Waals surface area (Å²) in [5.41, 5.74) is 34.8. The molecule has 1 spiro atoms. The van der Waals surface area contributed by atoms with Crippen LogP contribution in [-0.4, -0.2) is 0 Å². The van der Waals surface area contributed by atoms with Crippen LogP contribution in [0, 0.1) is 0 Å². The van der Waals surface area contributed by atoms with Gasteiger partial charge in [0.2, 0.25) is 0 Å². The summed E-state index contributed by atoms with van der Waals surface area (Å²) in [7, 11) is 0. The predicted molar refractivity (Wildman–Crippen MR) is 481 cm³/mol. The van der Waals surface area contributed by atoms with Gasteiger partial charge < -0.3 is 19.6 Å². The zero-order valence-electron chi connectivity index (χ0n) is 63.1. The number of nitrogens with zero attached hydrogens (tertiary/aromatic N) is 4. The first-order valence-electron chi connectivity index (χ1n) is 39.1. The molecule has 4 nitrogen and oxygen atoms in total. The predicted octanol–water partition coefficient (Wildman–Crippen LogP) is 29.8. The lowest BCUT2D eigenvalue weighted by Gasteiger charge is -2.32. The van der Waals surface area contributed by atoms with E-state index in [1.54, 1.807) is 0 Å². The minimum absolute atomic E-state index is 0.717. The van der Waals surface area contributed by atoms with Crippen molar-refractivity contribution in [2.45, 2.75) is 11.8 Å². The molecule has 0 amide bonds. The molecule has 0 aliphatic heterocycles. The lowest BCUT2D eigenvalue weighted by Crippen LogP contribution is -2.26. The van der Waals surface area contributed by atoms with Gasteiger partial charge in [-0.15, -0.1) is 0 Å². The van der Waals surface area contributed by atoms with Gasteiger partial charge in [-0.1, -0.05) is 323 Å². The Morgan fingerprint density at radius 2 is 0.561 bits per heavy atom. The first kappa shape index (κ1) is 69.6. The van der Waals surface area contributed by atoms with Crippen LogP contribution in [0.1, 0.15) is 34.2 Å². The number of benzene rings is 16. The van der Waals surface area contributed by atoms with E-state index in [2.05, 4.69) is 470 Å². The van der Waals surface area contributed by atoms with Gasteiger partial charge in [-0.05, 0) is 257 Å². The maximum Gasteiger partial charge on any atom is 0.0725 e. The van der Waals surface area contributed by atoms with Crippen molar-refractivity contribution in [1.82, 2.24) is 0 Å². The van der Waals surface area contributed by atoms with Crippen molar-refractivity contribution < 1.29 is 0 Å². The Hall–Kier alpha value is -14.8. The van der Waals surface area contributed by atoms with Gasteiger partial charge in [-0.25, -0.2) is 0 Å². The molecule has 0 fully saturated rings. The van der Waals surface area contributed by atoms with Gasteiger partial charge in [0.05, 0.1) is 5.41 Å². The lowest BCUT2D eigenvalue weighted by atomic mass is 9.70. The van der Waals surface area contributed by atoms with Gasteiger partial charge in [0.25, 0.3) is 0 Å². The Morgan fingerprint density at radius 3 is 0.947 bits per heavy atom. The van der Waals surface area contributed by atoms with Crippen molar-refractivity contribution in [2.75, 3.05) is 19.6 Å². The van der Waals surface area contributed by atoms with E-state index in [4.69, 9.17) is 0 Å². The number of para-hydroxylation sites is 3. The van der Waals surface area contributed by atoms with Crippen molar-refractivity contribution in [1.29, 1.82) is 0 Å². The molecule has 0 saturated heterocycles. The van der Waals surface area contributed by atoms with E-state index < -0.39 is 5.41 Å². The third kappa shape index (κ3) is 13.0. The molecule has 3 aliphatic carbocycles. The molecular formula is C110H80N4. The maximum atomic E-state index is 4.50. The molecule has 4 heteroatoms. The highest BCUT2D eigenvalue weighted by Crippen LogP contribution is 2.64. The number of rotatable bonds is 20. The van der Waals surface area contributed by atoms with Crippen LogP contribution in [0.4, 0.5) is 56.9 Å². The summed E-state index contributed by atoms with van der Waals surface area (Å²) >= 11 is 0. The van der Waals surface area contributed by atoms with Crippen LogP contribution in [0.3, 0.4) is 0 Å². The van der Waals surface area contributed by atoms with Crippen molar-refractivity contribution in [3.63, 3.8) is 0 Å². The average Bonchev–Trinajstić information content (AvgIpc) is 1.51. The van der Waals surface area contributed by atoms with Crippen LogP contribution in [-0.2, 0) is 5.41 Å². The van der Waals surface area contributed by atoms with Crippen LogP contribution >= 0.6 is 0 Å². The summed E-state index contributed by atoms with van der Waals surface area (Å²) in [6.45, 7) is 8.77. The summed E-state index contributed by atoms with van der Waals surface area (Å²) in [6.07, 6.45) is 15.7. The summed E-state index contributed by atoms with van der Waals surface area (Å²) < 4.78 is 0. The summed E-state index contributed by atoms with van der Waals surface area (Å²) in [5, 5.41) is 0. The van der Waals surface area contributed by atoms with Gasteiger partial charge in [-0.3, -0.25) is 0 Å². The Morgan fingerprint density at radius 1 is 0.246 bits per heavy atom. The first-order valence-corrected chi connectivity index (χ1v) is 39.1. The zero-order chi connectivity index (χ0) is 76.3. The minimum atomic E-state index is -0.747. The van der Waals surface area contributed by atoms with Crippen LogP contribution in [0.25, 0.3) is 83.5 Å². The van der Waals surface area contributed by atoms with Crippen LogP contribution < -0.4 is 19.6 Å². The number of allylic oxidation sites excluding steroid dienone is 8. The number of hydrogen-bond acceptors (Lipinski definition) is 4. The fourth-order valence-electron chi connectivity index (χ4n) is 17.3. The smallest absolute Gasteiger partial charge is 0.0725 e. The highest BCUT2D eigenvalue weighted by Gasteiger charge is 2.52. The van der Waals surface area contributed by atoms with Gasteiger partial charge >= 0.3 is 0 Å². The Balaban J connectivity index is 0.819. The van der Waals surface area contributed by atoms with Crippen molar-refractivity contribution in [3.05, 3.63) is 501 Å². The Bertz CT molecular complexity index is 6210. The molecule has 540 valence electrons. The average molecular weight is 1460 g/mol. The van der Waals surface area contributed by atoms with Crippen molar-refractivity contribution in [3.8, 4) is 77.9 Å². The second-order valence-electron chi connectivity index (χ2n) is 29.2. The lowest BCUT2D eigenvalue weighted by molar-refractivity contribution is 0.794. The molecule has 1 unspecified atom stereocenters. The van der Waals surface area contributed by atoms with Gasteiger partial charge in [0.15, 0.2) is 0 Å². The molecule has 19 rings (SSSR count). The fourth-order valence-corrected chi connectivity index (χ4v) is 17.3. The van der Waals surface area contributed by atoms with E-state index in [1.807, 2.05) is 12.2 Å². The normalized spacial score (nSPS) is 13.6. The summed E-state index contributed by atoms with van der Waals surface area (Å²) in [5.74, 6) is 0. The molecule has 16 aromatic rings. The van der Waals surface area contributed by atoms with Crippen LogP contribution in [0.5, 0.6) is 0 Å². The van der Waals surface area contributed by atoms with E-state index in [-0.39, 0.29) is 0 Å². The molecule has 0 heterocycles. The highest BCUT2D eigenvalue weighted by molar-refractivity contribution is 5.99. The van der Waals surface area contributed by atoms with Crippen LogP contribution in [0.2, 0.25) is 0 Å².